The van der Waals surface area contributed by atoms with Crippen molar-refractivity contribution in [3.63, 3.8) is 0 Å². The van der Waals surface area contributed by atoms with Crippen molar-refractivity contribution < 1.29 is 14.3 Å². The highest BCUT2D eigenvalue weighted by Gasteiger charge is 2.38. The Kier molecular flexibility index (Phi) is 4.72. The van der Waals surface area contributed by atoms with Crippen LogP contribution in [0, 0.1) is 6.92 Å². The van der Waals surface area contributed by atoms with Crippen molar-refractivity contribution in [1.29, 1.82) is 0 Å². The Morgan fingerprint density at radius 2 is 2.00 bits per heavy atom. The third-order valence-corrected chi connectivity index (χ3v) is 4.88. The van der Waals surface area contributed by atoms with E-state index >= 15 is 0 Å². The van der Waals surface area contributed by atoms with Crippen molar-refractivity contribution in [2.75, 3.05) is 6.61 Å². The van der Waals surface area contributed by atoms with Crippen molar-refractivity contribution in [2.45, 2.75) is 31.6 Å². The molecule has 0 bridgehead atoms. The maximum Gasteiger partial charge on any atom is 0.338 e. The molecular formula is C20H19ClO3. The number of benzene rings is 2. The van der Waals surface area contributed by atoms with Crippen LogP contribution in [0.15, 0.2) is 42.5 Å². The van der Waals surface area contributed by atoms with Crippen molar-refractivity contribution >= 4 is 23.9 Å². The average Bonchev–Trinajstić information content (AvgIpc) is 2.59. The quantitative estimate of drug-likeness (QED) is 0.615. The van der Waals surface area contributed by atoms with Gasteiger partial charge in [0.1, 0.15) is 12.9 Å². The number of carbonyl (C=O) groups is 2. The lowest BCUT2D eigenvalue weighted by atomic mass is 9.71. The monoisotopic (exact) mass is 342 g/mol. The van der Waals surface area contributed by atoms with E-state index < -0.39 is 11.4 Å². The molecule has 0 radical (unpaired) electrons. The second-order valence-electron chi connectivity index (χ2n) is 6.37. The first kappa shape index (κ1) is 16.7. The van der Waals surface area contributed by atoms with Crippen LogP contribution in [0.1, 0.15) is 39.9 Å². The summed E-state index contributed by atoms with van der Waals surface area (Å²) in [5, 5.41) is 0.659. The lowest BCUT2D eigenvalue weighted by molar-refractivity contribution is -0.114. The maximum atomic E-state index is 12.3. The Labute approximate surface area is 146 Å². The Hall–Kier alpha value is -2.13. The number of aldehydes is 1. The molecule has 1 atom stereocenters. The predicted octanol–water partition coefficient (Wildman–Crippen LogP) is 4.28. The first-order valence-corrected chi connectivity index (χ1v) is 8.41. The van der Waals surface area contributed by atoms with Crippen molar-refractivity contribution in [1.82, 2.24) is 0 Å². The van der Waals surface area contributed by atoms with E-state index in [0.29, 0.717) is 17.0 Å². The molecule has 2 aromatic carbocycles. The van der Waals surface area contributed by atoms with Gasteiger partial charge in [-0.3, -0.25) is 0 Å². The van der Waals surface area contributed by atoms with E-state index in [9.17, 15) is 9.59 Å². The van der Waals surface area contributed by atoms with Gasteiger partial charge in [-0.15, -0.1) is 0 Å². The first-order chi connectivity index (χ1) is 11.5. The van der Waals surface area contributed by atoms with E-state index in [1.54, 1.807) is 18.2 Å². The molecule has 0 unspecified atom stereocenters. The minimum absolute atomic E-state index is 0.0534. The molecule has 24 heavy (non-hydrogen) atoms. The Morgan fingerprint density at radius 3 is 2.71 bits per heavy atom. The second-order valence-corrected chi connectivity index (χ2v) is 6.81. The van der Waals surface area contributed by atoms with E-state index in [4.69, 9.17) is 16.3 Å². The van der Waals surface area contributed by atoms with Crippen molar-refractivity contribution in [3.8, 4) is 0 Å². The molecule has 3 rings (SSSR count). The van der Waals surface area contributed by atoms with Gasteiger partial charge in [0.05, 0.1) is 11.0 Å². The van der Waals surface area contributed by atoms with Crippen molar-refractivity contribution in [3.05, 3.63) is 69.7 Å². The van der Waals surface area contributed by atoms with E-state index in [1.807, 2.05) is 31.2 Å². The molecule has 0 fully saturated rings. The number of hydrogen-bond acceptors (Lipinski definition) is 3. The summed E-state index contributed by atoms with van der Waals surface area (Å²) < 4.78 is 5.49. The molecule has 1 aliphatic rings. The molecule has 0 saturated heterocycles. The van der Waals surface area contributed by atoms with Gasteiger partial charge in [-0.25, -0.2) is 4.79 Å². The number of ether oxygens (including phenoxy) is 1. The van der Waals surface area contributed by atoms with Gasteiger partial charge in [0.2, 0.25) is 0 Å². The third-order valence-electron chi connectivity index (χ3n) is 4.65. The van der Waals surface area contributed by atoms with Crippen LogP contribution in [0.4, 0.5) is 0 Å². The van der Waals surface area contributed by atoms with Gasteiger partial charge in [-0.1, -0.05) is 35.4 Å². The maximum absolute atomic E-state index is 12.3. The van der Waals surface area contributed by atoms with Gasteiger partial charge in [-0.2, -0.15) is 0 Å². The summed E-state index contributed by atoms with van der Waals surface area (Å²) in [4.78, 5) is 24.2. The van der Waals surface area contributed by atoms with E-state index in [2.05, 4.69) is 0 Å². The van der Waals surface area contributed by atoms with Crippen LogP contribution < -0.4 is 0 Å². The van der Waals surface area contributed by atoms with Crippen LogP contribution in [0.2, 0.25) is 5.02 Å². The molecule has 1 aliphatic carbocycles. The summed E-state index contributed by atoms with van der Waals surface area (Å²) >= 11 is 6.06. The molecule has 0 spiro atoms. The van der Waals surface area contributed by atoms with Crippen molar-refractivity contribution in [2.24, 2.45) is 0 Å². The number of hydrogen-bond donors (Lipinski definition) is 0. The summed E-state index contributed by atoms with van der Waals surface area (Å²) in [6, 6.07) is 12.8. The summed E-state index contributed by atoms with van der Waals surface area (Å²) in [5.41, 5.74) is 2.78. The van der Waals surface area contributed by atoms with Crippen LogP contribution in [-0.2, 0) is 21.4 Å². The fourth-order valence-electron chi connectivity index (χ4n) is 3.26. The highest BCUT2D eigenvalue weighted by Crippen LogP contribution is 2.37. The molecule has 124 valence electrons. The molecule has 3 nitrogen and oxygen atoms in total. The number of esters is 1. The lowest BCUT2D eigenvalue weighted by Gasteiger charge is -2.34. The third kappa shape index (κ3) is 3.22. The molecule has 0 aromatic heterocycles. The smallest absolute Gasteiger partial charge is 0.338 e. The van der Waals surface area contributed by atoms with Gasteiger partial charge in [-0.05, 0) is 61.6 Å². The predicted molar refractivity (Wildman–Crippen MR) is 93.6 cm³/mol. The minimum atomic E-state index is -0.779. The number of fused-ring (bicyclic) bond motifs is 1. The van der Waals surface area contributed by atoms with E-state index in [1.165, 1.54) is 0 Å². The normalized spacial score (nSPS) is 19.4. The number of carbonyl (C=O) groups excluding carboxylic acids is 2. The number of rotatable bonds is 4. The zero-order valence-corrected chi connectivity index (χ0v) is 14.3. The molecule has 2 aromatic rings. The largest absolute Gasteiger partial charge is 0.461 e. The minimum Gasteiger partial charge on any atom is -0.461 e. The van der Waals surface area contributed by atoms with Gasteiger partial charge in [0, 0.05) is 5.02 Å². The molecule has 0 amide bonds. The van der Waals surface area contributed by atoms with Crippen LogP contribution in [-0.4, -0.2) is 18.9 Å². The fourth-order valence-corrected chi connectivity index (χ4v) is 3.45. The van der Waals surface area contributed by atoms with E-state index in [-0.39, 0.29) is 6.61 Å². The number of halogens is 1. The number of aryl methyl sites for hydroxylation is 2. The summed E-state index contributed by atoms with van der Waals surface area (Å²) in [5.74, 6) is -0.405. The van der Waals surface area contributed by atoms with Crippen LogP contribution in [0.3, 0.4) is 0 Å². The Balaban J connectivity index is 1.81. The van der Waals surface area contributed by atoms with Gasteiger partial charge in [0.15, 0.2) is 0 Å². The molecule has 4 heteroatoms. The summed E-state index contributed by atoms with van der Waals surface area (Å²) in [6.45, 7) is 2.01. The first-order valence-electron chi connectivity index (χ1n) is 8.03. The van der Waals surface area contributed by atoms with Crippen LogP contribution in [0.5, 0.6) is 0 Å². The zero-order chi connectivity index (χ0) is 17.2. The zero-order valence-electron chi connectivity index (χ0n) is 13.5. The highest BCUT2D eigenvalue weighted by atomic mass is 35.5. The van der Waals surface area contributed by atoms with Gasteiger partial charge < -0.3 is 9.53 Å². The van der Waals surface area contributed by atoms with Gasteiger partial charge in [0.25, 0.3) is 0 Å². The lowest BCUT2D eigenvalue weighted by Crippen LogP contribution is -2.38. The Morgan fingerprint density at radius 1 is 1.25 bits per heavy atom. The topological polar surface area (TPSA) is 43.4 Å². The standard InChI is InChI=1S/C20H19ClO3/c1-14-4-6-15(7-5-14)19(23)24-13-20(12-22)10-2-3-16-11-17(21)8-9-18(16)20/h4-9,11-12H,2-3,10,13H2,1H3/t20-/m0/s1. The summed E-state index contributed by atoms with van der Waals surface area (Å²) in [6.07, 6.45) is 3.35. The molecular weight excluding hydrogens is 324 g/mol. The molecule has 0 saturated carbocycles. The second kappa shape index (κ2) is 6.78. The molecule has 0 aliphatic heterocycles. The average molecular weight is 343 g/mol. The van der Waals surface area contributed by atoms with E-state index in [0.717, 1.165) is 35.8 Å². The van der Waals surface area contributed by atoms with Gasteiger partial charge >= 0.3 is 5.97 Å². The Bertz CT molecular complexity index is 767. The van der Waals surface area contributed by atoms with Crippen LogP contribution in [0.25, 0.3) is 0 Å². The fraction of sp³-hybridized carbons (Fsp3) is 0.300. The highest BCUT2D eigenvalue weighted by molar-refractivity contribution is 6.30. The molecule has 0 heterocycles. The molecule has 0 N–H and O–H groups in total. The van der Waals surface area contributed by atoms with Crippen LogP contribution >= 0.6 is 11.6 Å². The summed E-state index contributed by atoms with van der Waals surface area (Å²) in [7, 11) is 0. The SMILES string of the molecule is Cc1ccc(C(=O)OC[C@@]2(C=O)CCCc3cc(Cl)ccc32)cc1.